The standard InChI is InChI=1S/C82H139NO13/c1-3-5-7-9-11-13-15-17-19-21-23-25-27-29-30-31-32-33-34-35-36-37-38-39-40-42-44-46-48-50-52-54-56-58-60-62-64-66-74(87)83-70(69-93-81-79(92)77(90)80(73(68-85)95-81)96-82-78(91)76(89)75(88)72(67-84)94-82)71(86)65-63-61-59-57-55-53-51-49-47-45-43-41-28-26-24-22-20-18-16-14-12-10-8-6-4-2/h5,7,11,13,17,19,23,25,29-30,32-33,35-36,38-39,42,44,48,50,54,56,70-73,75-82,84-86,88-92H,3-4,6,8-10,12,14-16,18,20-22,24,26-28,31,34,37,40-41,43,45-47,49,51-53,55,57-69H2,1-2H3,(H,83,87)/b7-5-,13-11-,19-17-,25-23-,30-29-,33-32-,36-35-,39-38-,44-42-,50-48-,56-54-. The second kappa shape index (κ2) is 64.5. The summed E-state index contributed by atoms with van der Waals surface area (Å²) in [7, 11) is 0. The minimum Gasteiger partial charge on any atom is -0.394 e. The highest BCUT2D eigenvalue weighted by Crippen LogP contribution is 2.30. The topological polar surface area (TPSA) is 228 Å². The second-order valence-electron chi connectivity index (χ2n) is 26.4. The van der Waals surface area contributed by atoms with Crippen molar-refractivity contribution >= 4 is 5.91 Å². The molecule has 2 heterocycles. The van der Waals surface area contributed by atoms with Crippen LogP contribution in [0, 0.1) is 0 Å². The summed E-state index contributed by atoms with van der Waals surface area (Å²) in [6.07, 6.45) is 79.0. The Labute approximate surface area is 583 Å². The molecule has 0 radical (unpaired) electrons. The van der Waals surface area contributed by atoms with Crippen LogP contribution in [0.3, 0.4) is 0 Å². The van der Waals surface area contributed by atoms with Gasteiger partial charge in [-0.25, -0.2) is 0 Å². The maximum absolute atomic E-state index is 13.4. The number of ether oxygens (including phenoxy) is 4. The van der Waals surface area contributed by atoms with Gasteiger partial charge >= 0.3 is 0 Å². The van der Waals surface area contributed by atoms with E-state index in [-0.39, 0.29) is 18.9 Å². The zero-order valence-electron chi connectivity index (χ0n) is 60.1. The average molecular weight is 1350 g/mol. The van der Waals surface area contributed by atoms with Gasteiger partial charge in [0.2, 0.25) is 5.91 Å². The van der Waals surface area contributed by atoms with Gasteiger partial charge in [-0.15, -0.1) is 0 Å². The molecule has 0 aliphatic carbocycles. The van der Waals surface area contributed by atoms with Gasteiger partial charge in [-0.05, 0) is 96.3 Å². The predicted octanol–water partition coefficient (Wildman–Crippen LogP) is 17.0. The van der Waals surface area contributed by atoms with E-state index in [1.54, 1.807) is 0 Å². The molecule has 2 rings (SSSR count). The molecule has 1 amide bonds. The van der Waals surface area contributed by atoms with E-state index in [2.05, 4.69) is 153 Å². The van der Waals surface area contributed by atoms with Crippen LogP contribution in [0.4, 0.5) is 0 Å². The van der Waals surface area contributed by atoms with Crippen LogP contribution in [0.1, 0.15) is 284 Å². The minimum absolute atomic E-state index is 0.241. The highest BCUT2D eigenvalue weighted by Gasteiger charge is 2.51. The Balaban J connectivity index is 1.67. The number of rotatable bonds is 62. The third-order valence-electron chi connectivity index (χ3n) is 17.9. The third kappa shape index (κ3) is 47.2. The zero-order chi connectivity index (χ0) is 69.4. The van der Waals surface area contributed by atoms with E-state index in [0.717, 1.165) is 116 Å². The first-order chi connectivity index (χ1) is 47.1. The molecular weight excluding hydrogens is 1210 g/mol. The van der Waals surface area contributed by atoms with Gasteiger partial charge in [0, 0.05) is 6.42 Å². The Morgan fingerprint density at radius 3 is 1.09 bits per heavy atom. The number of carbonyl (C=O) groups is 1. The van der Waals surface area contributed by atoms with Crippen LogP contribution in [0.2, 0.25) is 0 Å². The van der Waals surface area contributed by atoms with E-state index in [1.165, 1.54) is 135 Å². The average Bonchev–Trinajstić information content (AvgIpc) is 0.857. The summed E-state index contributed by atoms with van der Waals surface area (Å²) in [5.74, 6) is -0.241. The molecule has 12 atom stereocenters. The van der Waals surface area contributed by atoms with E-state index < -0.39 is 86.8 Å². The molecule has 9 N–H and O–H groups in total. The van der Waals surface area contributed by atoms with Gasteiger partial charge in [0.25, 0.3) is 0 Å². The SMILES string of the molecule is CC/C=C\C/C=C\C/C=C\C/C=C\C/C=C\C/C=C\C/C=C\C/C=C\C/C=C\C/C=C\C/C=C\CCCCCC(=O)NC(COC1OC(CO)C(OC2OC(CO)C(O)C(O)C2O)C(O)C1O)C(O)CCCCCCCCCCCCCCCCCCCCCCCCCCC. The Kier molecular flexibility index (Phi) is 59.3. The Morgan fingerprint density at radius 1 is 0.385 bits per heavy atom. The third-order valence-corrected chi connectivity index (χ3v) is 17.9. The van der Waals surface area contributed by atoms with Gasteiger partial charge in [0.15, 0.2) is 12.6 Å². The number of hydrogen-bond donors (Lipinski definition) is 9. The lowest BCUT2D eigenvalue weighted by molar-refractivity contribution is -0.359. The first-order valence-electron chi connectivity index (χ1n) is 38.4. The molecule has 96 heavy (non-hydrogen) atoms. The van der Waals surface area contributed by atoms with Crippen LogP contribution < -0.4 is 5.32 Å². The molecule has 2 aliphatic rings. The largest absolute Gasteiger partial charge is 0.394 e. The molecule has 0 aromatic heterocycles. The fraction of sp³-hybridized carbons (Fsp3) is 0.720. The van der Waals surface area contributed by atoms with E-state index >= 15 is 0 Å². The fourth-order valence-electron chi connectivity index (χ4n) is 11.8. The lowest BCUT2D eigenvalue weighted by Crippen LogP contribution is -2.65. The molecule has 550 valence electrons. The van der Waals surface area contributed by atoms with Crippen molar-refractivity contribution in [2.45, 2.75) is 357 Å². The number of aliphatic hydroxyl groups is 8. The van der Waals surface area contributed by atoms with Crippen LogP contribution in [0.5, 0.6) is 0 Å². The molecular formula is C82H139NO13. The number of nitrogens with one attached hydrogen (secondary N) is 1. The number of carbonyl (C=O) groups excluding carboxylic acids is 1. The highest BCUT2D eigenvalue weighted by molar-refractivity contribution is 5.76. The van der Waals surface area contributed by atoms with Crippen molar-refractivity contribution in [1.29, 1.82) is 0 Å². The number of hydrogen-bond acceptors (Lipinski definition) is 13. The van der Waals surface area contributed by atoms with Gasteiger partial charge in [0.1, 0.15) is 48.8 Å². The molecule has 0 spiro atoms. The summed E-state index contributed by atoms with van der Waals surface area (Å²) in [5.41, 5.74) is 0. The van der Waals surface area contributed by atoms with Crippen LogP contribution in [0.15, 0.2) is 134 Å². The quantitative estimate of drug-likeness (QED) is 0.0204. The molecule has 14 nitrogen and oxygen atoms in total. The van der Waals surface area contributed by atoms with Crippen molar-refractivity contribution < 1.29 is 64.6 Å². The van der Waals surface area contributed by atoms with Gasteiger partial charge < -0.3 is 65.1 Å². The maximum Gasteiger partial charge on any atom is 0.220 e. The molecule has 2 fully saturated rings. The smallest absolute Gasteiger partial charge is 0.220 e. The first kappa shape index (κ1) is 88.2. The molecule has 14 heteroatoms. The van der Waals surface area contributed by atoms with Gasteiger partial charge in [-0.3, -0.25) is 4.79 Å². The summed E-state index contributed by atoms with van der Waals surface area (Å²) in [5, 5.41) is 87.7. The van der Waals surface area contributed by atoms with Crippen LogP contribution >= 0.6 is 0 Å². The summed E-state index contributed by atoms with van der Waals surface area (Å²) in [4.78, 5) is 13.4. The Hall–Kier alpha value is -3.87. The molecule has 0 saturated carbocycles. The predicted molar refractivity (Wildman–Crippen MR) is 396 cm³/mol. The molecule has 2 saturated heterocycles. The Bertz CT molecular complexity index is 2130. The van der Waals surface area contributed by atoms with Gasteiger partial charge in [0.05, 0.1) is 32.0 Å². The van der Waals surface area contributed by atoms with E-state index in [1.807, 2.05) is 0 Å². The first-order valence-corrected chi connectivity index (χ1v) is 38.4. The van der Waals surface area contributed by atoms with Crippen LogP contribution in [0.25, 0.3) is 0 Å². The lowest BCUT2D eigenvalue weighted by Gasteiger charge is -2.46. The number of amides is 1. The van der Waals surface area contributed by atoms with Crippen molar-refractivity contribution in [2.75, 3.05) is 19.8 Å². The fourth-order valence-corrected chi connectivity index (χ4v) is 11.8. The summed E-state index contributed by atoms with van der Waals surface area (Å²) >= 11 is 0. The van der Waals surface area contributed by atoms with E-state index in [4.69, 9.17) is 18.9 Å². The monoisotopic (exact) mass is 1350 g/mol. The highest BCUT2D eigenvalue weighted by atomic mass is 16.7. The van der Waals surface area contributed by atoms with Gasteiger partial charge in [-0.1, -0.05) is 314 Å². The zero-order valence-corrected chi connectivity index (χ0v) is 60.1. The summed E-state index contributed by atoms with van der Waals surface area (Å²) < 4.78 is 22.9. The number of unbranched alkanes of at least 4 members (excludes halogenated alkanes) is 27. The van der Waals surface area contributed by atoms with Crippen molar-refractivity contribution in [3.8, 4) is 0 Å². The molecule has 0 bridgehead atoms. The molecule has 0 aromatic rings. The van der Waals surface area contributed by atoms with Crippen LogP contribution in [-0.4, -0.2) is 140 Å². The number of aliphatic hydroxyl groups excluding tert-OH is 8. The van der Waals surface area contributed by atoms with E-state index in [0.29, 0.717) is 12.8 Å². The Morgan fingerprint density at radius 2 is 0.719 bits per heavy atom. The molecule has 12 unspecified atom stereocenters. The normalized spacial score (nSPS) is 23.0. The summed E-state index contributed by atoms with van der Waals surface area (Å²) in [6.45, 7) is 2.75. The van der Waals surface area contributed by atoms with Crippen LogP contribution in [-0.2, 0) is 23.7 Å². The molecule has 2 aliphatic heterocycles. The lowest BCUT2D eigenvalue weighted by atomic mass is 9.97. The minimum atomic E-state index is -1.79. The van der Waals surface area contributed by atoms with Crippen molar-refractivity contribution in [2.24, 2.45) is 0 Å². The summed E-state index contributed by atoms with van der Waals surface area (Å²) in [6, 6.07) is -0.859. The molecule has 0 aromatic carbocycles. The van der Waals surface area contributed by atoms with Crippen molar-refractivity contribution in [1.82, 2.24) is 5.32 Å². The number of allylic oxidation sites excluding steroid dienone is 22. The van der Waals surface area contributed by atoms with E-state index in [9.17, 15) is 45.6 Å². The van der Waals surface area contributed by atoms with Gasteiger partial charge in [-0.2, -0.15) is 0 Å². The second-order valence-corrected chi connectivity index (χ2v) is 26.4. The maximum atomic E-state index is 13.4. The van der Waals surface area contributed by atoms with Crippen molar-refractivity contribution in [3.05, 3.63) is 134 Å². The van der Waals surface area contributed by atoms with Crippen molar-refractivity contribution in [3.63, 3.8) is 0 Å².